The van der Waals surface area contributed by atoms with E-state index in [0.717, 1.165) is 22.0 Å². The van der Waals surface area contributed by atoms with Gasteiger partial charge in [0.25, 0.3) is 0 Å². The first kappa shape index (κ1) is 8.26. The first-order valence-electron chi connectivity index (χ1n) is 4.04. The van der Waals surface area contributed by atoms with Crippen molar-refractivity contribution in [1.82, 2.24) is 4.98 Å². The van der Waals surface area contributed by atoms with Crippen molar-refractivity contribution < 1.29 is 0 Å². The predicted molar refractivity (Wildman–Crippen MR) is 56.7 cm³/mol. The van der Waals surface area contributed by atoms with Crippen molar-refractivity contribution in [2.24, 2.45) is 0 Å². The van der Waals surface area contributed by atoms with Gasteiger partial charge in [-0.2, -0.15) is 0 Å². The standard InChI is InChI=1S/C10H10N2S/c1-7-6-13-10(12-7)8-3-2-4-9(11)5-8/h2-6H,11H2,1H3. The largest absolute Gasteiger partial charge is 0.399 e. The van der Waals surface area contributed by atoms with E-state index in [1.54, 1.807) is 11.3 Å². The Labute approximate surface area is 81.1 Å². The van der Waals surface area contributed by atoms with Crippen LogP contribution in [0, 0.1) is 6.92 Å². The number of anilines is 1. The Bertz CT molecular complexity index is 420. The monoisotopic (exact) mass is 190 g/mol. The molecule has 0 aliphatic heterocycles. The van der Waals surface area contributed by atoms with Crippen LogP contribution in [0.4, 0.5) is 5.69 Å². The van der Waals surface area contributed by atoms with Crippen molar-refractivity contribution >= 4 is 17.0 Å². The molecule has 1 aromatic carbocycles. The van der Waals surface area contributed by atoms with Crippen LogP contribution in [0.2, 0.25) is 0 Å². The van der Waals surface area contributed by atoms with Crippen LogP contribution in [0.25, 0.3) is 10.6 Å². The topological polar surface area (TPSA) is 38.9 Å². The minimum absolute atomic E-state index is 0.783. The molecule has 0 amide bonds. The summed E-state index contributed by atoms with van der Waals surface area (Å²) in [7, 11) is 0. The molecule has 0 aliphatic rings. The number of benzene rings is 1. The molecule has 66 valence electrons. The van der Waals surface area contributed by atoms with E-state index < -0.39 is 0 Å². The Morgan fingerprint density at radius 2 is 2.23 bits per heavy atom. The summed E-state index contributed by atoms with van der Waals surface area (Å²) in [6.07, 6.45) is 0. The lowest BCUT2D eigenvalue weighted by Crippen LogP contribution is -1.84. The molecule has 1 aromatic heterocycles. The Kier molecular flexibility index (Phi) is 2.02. The third kappa shape index (κ3) is 1.70. The van der Waals surface area contributed by atoms with E-state index in [1.807, 2.05) is 36.6 Å². The number of nitrogen functional groups attached to an aromatic ring is 1. The molecule has 0 fully saturated rings. The Hall–Kier alpha value is -1.35. The number of rotatable bonds is 1. The second-order valence-electron chi connectivity index (χ2n) is 2.92. The second kappa shape index (κ2) is 3.18. The smallest absolute Gasteiger partial charge is 0.123 e. The van der Waals surface area contributed by atoms with Gasteiger partial charge in [-0.05, 0) is 19.1 Å². The molecule has 2 nitrogen and oxygen atoms in total. The molecule has 2 aromatic rings. The summed E-state index contributed by atoms with van der Waals surface area (Å²) in [6, 6.07) is 7.79. The second-order valence-corrected chi connectivity index (χ2v) is 3.78. The van der Waals surface area contributed by atoms with Gasteiger partial charge in [-0.15, -0.1) is 11.3 Å². The highest BCUT2D eigenvalue weighted by atomic mass is 32.1. The molecule has 0 radical (unpaired) electrons. The molecule has 0 atom stereocenters. The molecule has 13 heavy (non-hydrogen) atoms. The fourth-order valence-corrected chi connectivity index (χ4v) is 1.95. The van der Waals surface area contributed by atoms with Gasteiger partial charge in [0.1, 0.15) is 5.01 Å². The highest BCUT2D eigenvalue weighted by Crippen LogP contribution is 2.24. The zero-order chi connectivity index (χ0) is 9.26. The number of aromatic nitrogens is 1. The lowest BCUT2D eigenvalue weighted by atomic mass is 10.2. The molecular formula is C10H10N2S. The Morgan fingerprint density at radius 1 is 1.38 bits per heavy atom. The van der Waals surface area contributed by atoms with Gasteiger partial charge in [-0.1, -0.05) is 12.1 Å². The van der Waals surface area contributed by atoms with Gasteiger partial charge in [0.2, 0.25) is 0 Å². The van der Waals surface area contributed by atoms with Crippen LogP contribution in [-0.4, -0.2) is 4.98 Å². The quantitative estimate of drug-likeness (QED) is 0.702. The summed E-state index contributed by atoms with van der Waals surface area (Å²) in [5.41, 5.74) is 8.62. The van der Waals surface area contributed by atoms with Crippen molar-refractivity contribution in [3.63, 3.8) is 0 Å². The molecule has 0 aliphatic carbocycles. The van der Waals surface area contributed by atoms with Crippen LogP contribution in [-0.2, 0) is 0 Å². The van der Waals surface area contributed by atoms with E-state index >= 15 is 0 Å². The summed E-state index contributed by atoms with van der Waals surface area (Å²) in [5, 5.41) is 3.07. The normalized spacial score (nSPS) is 10.2. The van der Waals surface area contributed by atoms with Gasteiger partial charge in [-0.3, -0.25) is 0 Å². The van der Waals surface area contributed by atoms with Crippen molar-refractivity contribution in [3.05, 3.63) is 35.3 Å². The van der Waals surface area contributed by atoms with Crippen molar-refractivity contribution in [1.29, 1.82) is 0 Å². The molecule has 0 saturated heterocycles. The van der Waals surface area contributed by atoms with E-state index in [0.29, 0.717) is 0 Å². The number of aryl methyl sites for hydroxylation is 1. The number of nitrogens with two attached hydrogens (primary N) is 1. The fourth-order valence-electron chi connectivity index (χ4n) is 1.16. The maximum atomic E-state index is 5.68. The average molecular weight is 190 g/mol. The Balaban J connectivity index is 2.46. The van der Waals surface area contributed by atoms with E-state index in [2.05, 4.69) is 4.98 Å². The zero-order valence-electron chi connectivity index (χ0n) is 7.32. The van der Waals surface area contributed by atoms with Gasteiger partial charge in [0.15, 0.2) is 0 Å². The molecule has 1 heterocycles. The summed E-state index contributed by atoms with van der Waals surface area (Å²) < 4.78 is 0. The number of nitrogens with zero attached hydrogens (tertiary/aromatic N) is 1. The zero-order valence-corrected chi connectivity index (χ0v) is 8.14. The van der Waals surface area contributed by atoms with Crippen molar-refractivity contribution in [2.75, 3.05) is 5.73 Å². The summed E-state index contributed by atoms with van der Waals surface area (Å²) in [5.74, 6) is 0. The maximum Gasteiger partial charge on any atom is 0.123 e. The maximum absolute atomic E-state index is 5.68. The number of hydrogen-bond donors (Lipinski definition) is 1. The predicted octanol–water partition coefficient (Wildman–Crippen LogP) is 2.70. The number of hydrogen-bond acceptors (Lipinski definition) is 3. The van der Waals surface area contributed by atoms with Crippen LogP contribution in [0.15, 0.2) is 29.6 Å². The van der Waals surface area contributed by atoms with Gasteiger partial charge in [0.05, 0.1) is 0 Å². The third-order valence-electron chi connectivity index (χ3n) is 1.75. The first-order chi connectivity index (χ1) is 6.25. The molecule has 3 heteroatoms. The van der Waals surface area contributed by atoms with Gasteiger partial charge in [0, 0.05) is 22.3 Å². The van der Waals surface area contributed by atoms with Crippen LogP contribution < -0.4 is 5.73 Å². The molecular weight excluding hydrogens is 180 g/mol. The molecule has 0 bridgehead atoms. The lowest BCUT2D eigenvalue weighted by Gasteiger charge is -1.96. The lowest BCUT2D eigenvalue weighted by molar-refractivity contribution is 1.27. The van der Waals surface area contributed by atoms with Crippen LogP contribution in [0.1, 0.15) is 5.69 Å². The van der Waals surface area contributed by atoms with Crippen LogP contribution in [0.3, 0.4) is 0 Å². The van der Waals surface area contributed by atoms with E-state index in [4.69, 9.17) is 5.73 Å². The van der Waals surface area contributed by atoms with Crippen LogP contribution >= 0.6 is 11.3 Å². The van der Waals surface area contributed by atoms with Crippen LogP contribution in [0.5, 0.6) is 0 Å². The highest BCUT2D eigenvalue weighted by molar-refractivity contribution is 7.13. The van der Waals surface area contributed by atoms with E-state index in [9.17, 15) is 0 Å². The molecule has 2 rings (SSSR count). The summed E-state index contributed by atoms with van der Waals surface area (Å²) >= 11 is 1.64. The van der Waals surface area contributed by atoms with Gasteiger partial charge in [-0.25, -0.2) is 4.98 Å². The SMILES string of the molecule is Cc1csc(-c2cccc(N)c2)n1. The van der Waals surface area contributed by atoms with E-state index in [1.165, 1.54) is 0 Å². The molecule has 0 unspecified atom stereocenters. The minimum Gasteiger partial charge on any atom is -0.399 e. The highest BCUT2D eigenvalue weighted by Gasteiger charge is 2.01. The average Bonchev–Trinajstić information content (AvgIpc) is 2.52. The first-order valence-corrected chi connectivity index (χ1v) is 4.92. The fraction of sp³-hybridized carbons (Fsp3) is 0.100. The third-order valence-corrected chi connectivity index (χ3v) is 2.76. The van der Waals surface area contributed by atoms with Crippen molar-refractivity contribution in [2.45, 2.75) is 6.92 Å². The van der Waals surface area contributed by atoms with E-state index in [-0.39, 0.29) is 0 Å². The minimum atomic E-state index is 0.783. The van der Waals surface area contributed by atoms with Gasteiger partial charge < -0.3 is 5.73 Å². The summed E-state index contributed by atoms with van der Waals surface area (Å²) in [6.45, 7) is 1.99. The Morgan fingerprint density at radius 3 is 2.85 bits per heavy atom. The molecule has 0 spiro atoms. The van der Waals surface area contributed by atoms with Gasteiger partial charge >= 0.3 is 0 Å². The molecule has 0 saturated carbocycles. The molecule has 2 N–H and O–H groups in total. The van der Waals surface area contributed by atoms with Crippen molar-refractivity contribution in [3.8, 4) is 10.6 Å². The number of thiazole rings is 1. The summed E-state index contributed by atoms with van der Waals surface area (Å²) in [4.78, 5) is 4.38.